The molecule has 0 amide bonds. The molecular formula is C17H26BrN3. The molecule has 1 atom stereocenters. The second-order valence-electron chi connectivity index (χ2n) is 6.76. The Morgan fingerprint density at radius 1 is 1.14 bits per heavy atom. The third-order valence-electron chi connectivity index (χ3n) is 5.08. The van der Waals surface area contributed by atoms with Gasteiger partial charge in [0.1, 0.15) is 0 Å². The van der Waals surface area contributed by atoms with E-state index in [0.717, 1.165) is 30.0 Å². The van der Waals surface area contributed by atoms with Gasteiger partial charge in [-0.25, -0.2) is 0 Å². The lowest BCUT2D eigenvalue weighted by molar-refractivity contribution is 0.0435. The van der Waals surface area contributed by atoms with Gasteiger partial charge in [-0.2, -0.15) is 0 Å². The van der Waals surface area contributed by atoms with E-state index < -0.39 is 0 Å². The van der Waals surface area contributed by atoms with Crippen molar-refractivity contribution in [3.63, 3.8) is 0 Å². The molecule has 3 nitrogen and oxygen atoms in total. The minimum atomic E-state index is 0.0729. The molecule has 0 aromatic heterocycles. The number of hydrogen-bond acceptors (Lipinski definition) is 3. The lowest BCUT2D eigenvalue weighted by Gasteiger charge is -2.46. The molecule has 2 N–H and O–H groups in total. The van der Waals surface area contributed by atoms with E-state index in [2.05, 4.69) is 56.9 Å². The fourth-order valence-corrected chi connectivity index (χ4v) is 3.69. The number of benzene rings is 1. The summed E-state index contributed by atoms with van der Waals surface area (Å²) in [7, 11) is 0. The van der Waals surface area contributed by atoms with Gasteiger partial charge < -0.3 is 5.73 Å². The maximum absolute atomic E-state index is 6.16. The van der Waals surface area contributed by atoms with Crippen LogP contribution in [-0.4, -0.2) is 54.1 Å². The number of rotatable bonds is 5. The Kier molecular flexibility index (Phi) is 4.69. The molecule has 21 heavy (non-hydrogen) atoms. The van der Waals surface area contributed by atoms with Gasteiger partial charge in [-0.1, -0.05) is 28.1 Å². The van der Waals surface area contributed by atoms with E-state index >= 15 is 0 Å². The summed E-state index contributed by atoms with van der Waals surface area (Å²) in [6, 6.07) is 9.55. The van der Waals surface area contributed by atoms with Gasteiger partial charge in [0.25, 0.3) is 0 Å². The largest absolute Gasteiger partial charge is 0.329 e. The van der Waals surface area contributed by atoms with Gasteiger partial charge in [0.05, 0.1) is 0 Å². The van der Waals surface area contributed by atoms with Crippen molar-refractivity contribution in [1.82, 2.24) is 9.80 Å². The van der Waals surface area contributed by atoms with E-state index in [1.807, 2.05) is 0 Å². The zero-order valence-electron chi connectivity index (χ0n) is 12.9. The minimum absolute atomic E-state index is 0.0729. The highest BCUT2D eigenvalue weighted by Gasteiger charge is 2.36. The highest BCUT2D eigenvalue weighted by atomic mass is 79.9. The highest BCUT2D eigenvalue weighted by molar-refractivity contribution is 9.10. The number of halogens is 1. The van der Waals surface area contributed by atoms with Gasteiger partial charge in [0.2, 0.25) is 0 Å². The van der Waals surface area contributed by atoms with E-state index in [-0.39, 0.29) is 5.54 Å². The zero-order valence-corrected chi connectivity index (χ0v) is 14.5. The normalized spacial score (nSPS) is 24.0. The number of piperazine rings is 1. The molecule has 3 rings (SSSR count). The van der Waals surface area contributed by atoms with E-state index in [9.17, 15) is 0 Å². The van der Waals surface area contributed by atoms with Gasteiger partial charge in [0.15, 0.2) is 0 Å². The molecule has 1 aliphatic heterocycles. The first-order valence-electron chi connectivity index (χ1n) is 8.04. The Bertz CT molecular complexity index is 463. The first kappa shape index (κ1) is 15.5. The summed E-state index contributed by atoms with van der Waals surface area (Å²) < 4.78 is 1.14. The monoisotopic (exact) mass is 351 g/mol. The third-order valence-corrected chi connectivity index (χ3v) is 5.61. The van der Waals surface area contributed by atoms with Crippen molar-refractivity contribution < 1.29 is 0 Å². The van der Waals surface area contributed by atoms with Crippen molar-refractivity contribution in [2.45, 2.75) is 37.8 Å². The van der Waals surface area contributed by atoms with Crippen LogP contribution in [0.15, 0.2) is 28.7 Å². The molecular weight excluding hydrogens is 326 g/mol. The lowest BCUT2D eigenvalue weighted by Crippen LogP contribution is -2.60. The maximum Gasteiger partial charge on any atom is 0.0344 e. The van der Waals surface area contributed by atoms with Crippen LogP contribution in [0.25, 0.3) is 0 Å². The molecule has 1 saturated carbocycles. The van der Waals surface area contributed by atoms with Crippen molar-refractivity contribution in [3.8, 4) is 0 Å². The van der Waals surface area contributed by atoms with Gasteiger partial charge in [0, 0.05) is 48.8 Å². The molecule has 0 bridgehead atoms. The summed E-state index contributed by atoms with van der Waals surface area (Å²) in [5.41, 5.74) is 7.60. The van der Waals surface area contributed by atoms with Crippen molar-refractivity contribution >= 4 is 15.9 Å². The minimum Gasteiger partial charge on any atom is -0.329 e. The third kappa shape index (κ3) is 3.67. The van der Waals surface area contributed by atoms with Gasteiger partial charge >= 0.3 is 0 Å². The fourth-order valence-electron chi connectivity index (χ4n) is 3.42. The summed E-state index contributed by atoms with van der Waals surface area (Å²) in [5, 5.41) is 0. The van der Waals surface area contributed by atoms with Crippen LogP contribution in [0.1, 0.15) is 25.3 Å². The summed E-state index contributed by atoms with van der Waals surface area (Å²) in [4.78, 5) is 5.26. The molecule has 116 valence electrons. The Morgan fingerprint density at radius 3 is 2.29 bits per heavy atom. The number of hydrogen-bond donors (Lipinski definition) is 1. The second-order valence-corrected chi connectivity index (χ2v) is 7.67. The molecule has 2 aliphatic rings. The van der Waals surface area contributed by atoms with Gasteiger partial charge in [-0.05, 0) is 43.9 Å². The summed E-state index contributed by atoms with van der Waals surface area (Å²) in [5.74, 6) is 0. The molecule has 1 heterocycles. The standard InChI is InChI=1S/C17H26BrN3/c1-17(13-19,12-14-2-4-15(18)5-3-14)21-10-8-20(9-11-21)16-6-7-16/h2-5,16H,6-13,19H2,1H3. The zero-order chi connectivity index (χ0) is 14.9. The quantitative estimate of drug-likeness (QED) is 0.884. The van der Waals surface area contributed by atoms with Crippen molar-refractivity contribution in [1.29, 1.82) is 0 Å². The van der Waals surface area contributed by atoms with Crippen LogP contribution in [0.2, 0.25) is 0 Å². The number of nitrogens with zero attached hydrogens (tertiary/aromatic N) is 2. The average molecular weight is 352 g/mol. The topological polar surface area (TPSA) is 32.5 Å². The van der Waals surface area contributed by atoms with Crippen LogP contribution in [0.4, 0.5) is 0 Å². The van der Waals surface area contributed by atoms with E-state index in [0.29, 0.717) is 6.54 Å². The van der Waals surface area contributed by atoms with Crippen LogP contribution in [-0.2, 0) is 6.42 Å². The predicted octanol–water partition coefficient (Wildman–Crippen LogP) is 2.49. The molecule has 1 unspecified atom stereocenters. The van der Waals surface area contributed by atoms with Crippen molar-refractivity contribution in [3.05, 3.63) is 34.3 Å². The smallest absolute Gasteiger partial charge is 0.0344 e. The van der Waals surface area contributed by atoms with Crippen LogP contribution >= 0.6 is 15.9 Å². The summed E-state index contributed by atoms with van der Waals surface area (Å²) >= 11 is 3.50. The van der Waals surface area contributed by atoms with Crippen molar-refractivity contribution in [2.24, 2.45) is 5.73 Å². The van der Waals surface area contributed by atoms with Crippen LogP contribution in [0, 0.1) is 0 Å². The Morgan fingerprint density at radius 2 is 1.76 bits per heavy atom. The average Bonchev–Trinajstić information content (AvgIpc) is 3.34. The fraction of sp³-hybridized carbons (Fsp3) is 0.647. The first-order chi connectivity index (χ1) is 10.1. The molecule has 1 saturated heterocycles. The molecule has 1 aromatic rings. The molecule has 1 aromatic carbocycles. The van der Waals surface area contributed by atoms with E-state index in [4.69, 9.17) is 5.73 Å². The number of nitrogens with two attached hydrogens (primary N) is 1. The van der Waals surface area contributed by atoms with E-state index in [1.54, 1.807) is 0 Å². The van der Waals surface area contributed by atoms with Gasteiger partial charge in [-0.3, -0.25) is 9.80 Å². The Labute approximate surface area is 136 Å². The predicted molar refractivity (Wildman–Crippen MR) is 91.5 cm³/mol. The molecule has 0 radical (unpaired) electrons. The molecule has 2 fully saturated rings. The molecule has 1 aliphatic carbocycles. The maximum atomic E-state index is 6.16. The molecule has 0 spiro atoms. The summed E-state index contributed by atoms with van der Waals surface area (Å²) in [6.45, 7) is 7.76. The lowest BCUT2D eigenvalue weighted by atomic mass is 9.90. The Hall–Kier alpha value is -0.420. The van der Waals surface area contributed by atoms with Gasteiger partial charge in [-0.15, -0.1) is 0 Å². The highest BCUT2D eigenvalue weighted by Crippen LogP contribution is 2.29. The second kappa shape index (κ2) is 6.37. The van der Waals surface area contributed by atoms with Crippen LogP contribution in [0.3, 0.4) is 0 Å². The van der Waals surface area contributed by atoms with E-state index in [1.165, 1.54) is 31.5 Å². The SMILES string of the molecule is CC(CN)(Cc1ccc(Br)cc1)N1CCN(C2CC2)CC1. The van der Waals surface area contributed by atoms with Crippen LogP contribution in [0.5, 0.6) is 0 Å². The first-order valence-corrected chi connectivity index (χ1v) is 8.84. The van der Waals surface area contributed by atoms with Crippen molar-refractivity contribution in [2.75, 3.05) is 32.7 Å². The molecule has 4 heteroatoms. The van der Waals surface area contributed by atoms with Crippen LogP contribution < -0.4 is 5.73 Å². The summed E-state index contributed by atoms with van der Waals surface area (Å²) in [6.07, 6.45) is 3.85. The Balaban J connectivity index is 1.63.